The standard InChI is InChI=1S/C17H18N4O5/c1-11(19-14-5-3-4-6-16(14)26-2)17(23)20-18-10-12-9-13(21(24)25)7-8-15(12)22/h3-11,19,22H,1-2H3,(H,20,23)/b18-10+/t11-/m1/s1. The van der Waals surface area contributed by atoms with Crippen LogP contribution in [0.4, 0.5) is 11.4 Å². The Bertz CT molecular complexity index is 838. The minimum atomic E-state index is -0.623. The maximum atomic E-state index is 12.1. The molecular formula is C17H18N4O5. The molecule has 0 aromatic heterocycles. The summed E-state index contributed by atoms with van der Waals surface area (Å²) in [6, 6.07) is 10.0. The highest BCUT2D eigenvalue weighted by molar-refractivity contribution is 5.88. The van der Waals surface area contributed by atoms with E-state index in [9.17, 15) is 20.0 Å². The van der Waals surface area contributed by atoms with Crippen molar-refractivity contribution in [3.05, 3.63) is 58.1 Å². The van der Waals surface area contributed by atoms with Crippen molar-refractivity contribution >= 4 is 23.5 Å². The number of phenolic OH excluding ortho intramolecular Hbond substituents is 1. The van der Waals surface area contributed by atoms with E-state index in [2.05, 4.69) is 15.8 Å². The number of nitro benzene ring substituents is 1. The number of anilines is 1. The van der Waals surface area contributed by atoms with Crippen LogP contribution in [0.25, 0.3) is 0 Å². The van der Waals surface area contributed by atoms with Gasteiger partial charge in [0.1, 0.15) is 17.5 Å². The molecule has 0 fully saturated rings. The number of amides is 1. The minimum absolute atomic E-state index is 0.116. The summed E-state index contributed by atoms with van der Waals surface area (Å²) < 4.78 is 5.20. The van der Waals surface area contributed by atoms with Crippen LogP contribution in [-0.4, -0.2) is 35.3 Å². The van der Waals surface area contributed by atoms with Crippen LogP contribution >= 0.6 is 0 Å². The van der Waals surface area contributed by atoms with Gasteiger partial charge in [-0.05, 0) is 25.1 Å². The summed E-state index contributed by atoms with van der Waals surface area (Å²) in [5, 5.41) is 27.2. The second kappa shape index (κ2) is 8.47. The number of carbonyl (C=O) groups excluding carboxylic acids is 1. The fraction of sp³-hybridized carbons (Fsp3) is 0.176. The first-order valence-corrected chi connectivity index (χ1v) is 7.62. The maximum absolute atomic E-state index is 12.1. The number of nitrogens with zero attached hydrogens (tertiary/aromatic N) is 2. The van der Waals surface area contributed by atoms with Gasteiger partial charge in [0.15, 0.2) is 0 Å². The third kappa shape index (κ3) is 4.69. The van der Waals surface area contributed by atoms with Crippen molar-refractivity contribution in [3.63, 3.8) is 0 Å². The van der Waals surface area contributed by atoms with Gasteiger partial charge in [0.2, 0.25) is 0 Å². The van der Waals surface area contributed by atoms with Gasteiger partial charge in [-0.1, -0.05) is 12.1 Å². The molecule has 0 saturated carbocycles. The minimum Gasteiger partial charge on any atom is -0.507 e. The van der Waals surface area contributed by atoms with Crippen LogP contribution in [0.15, 0.2) is 47.6 Å². The average Bonchev–Trinajstić information content (AvgIpc) is 2.63. The van der Waals surface area contributed by atoms with Crippen molar-refractivity contribution in [2.24, 2.45) is 5.10 Å². The van der Waals surface area contributed by atoms with E-state index in [1.165, 1.54) is 19.2 Å². The number of hydrazone groups is 1. The Morgan fingerprint density at radius 3 is 2.77 bits per heavy atom. The number of hydrogen-bond acceptors (Lipinski definition) is 7. The monoisotopic (exact) mass is 358 g/mol. The molecule has 0 unspecified atom stereocenters. The first-order valence-electron chi connectivity index (χ1n) is 7.62. The quantitative estimate of drug-likeness (QED) is 0.396. The normalized spacial score (nSPS) is 11.8. The van der Waals surface area contributed by atoms with Crippen molar-refractivity contribution in [3.8, 4) is 11.5 Å². The largest absolute Gasteiger partial charge is 0.507 e. The number of methoxy groups -OCH3 is 1. The third-order valence-electron chi connectivity index (χ3n) is 3.47. The molecule has 136 valence electrons. The molecule has 26 heavy (non-hydrogen) atoms. The zero-order valence-electron chi connectivity index (χ0n) is 14.2. The lowest BCUT2D eigenvalue weighted by Gasteiger charge is -2.15. The molecule has 2 aromatic rings. The molecule has 1 amide bonds. The number of rotatable bonds is 7. The summed E-state index contributed by atoms with van der Waals surface area (Å²) >= 11 is 0. The second-order valence-corrected chi connectivity index (χ2v) is 5.30. The summed E-state index contributed by atoms with van der Waals surface area (Å²) in [5.74, 6) is -0.0250. The SMILES string of the molecule is COc1ccccc1N[C@H](C)C(=O)N/N=C/c1cc([N+](=O)[O-])ccc1O. The number of nitro groups is 1. The van der Waals surface area contributed by atoms with Crippen LogP contribution in [0, 0.1) is 10.1 Å². The predicted octanol–water partition coefficient (Wildman–Crippen LogP) is 2.26. The van der Waals surface area contributed by atoms with Gasteiger partial charge in [0.25, 0.3) is 11.6 Å². The van der Waals surface area contributed by atoms with E-state index in [4.69, 9.17) is 4.74 Å². The van der Waals surface area contributed by atoms with Crippen LogP contribution < -0.4 is 15.5 Å². The van der Waals surface area contributed by atoms with E-state index in [0.29, 0.717) is 11.4 Å². The maximum Gasteiger partial charge on any atom is 0.270 e. The van der Waals surface area contributed by atoms with E-state index < -0.39 is 16.9 Å². The van der Waals surface area contributed by atoms with Gasteiger partial charge in [-0.2, -0.15) is 5.10 Å². The Labute approximate surface area is 149 Å². The smallest absolute Gasteiger partial charge is 0.270 e. The highest BCUT2D eigenvalue weighted by Gasteiger charge is 2.14. The lowest BCUT2D eigenvalue weighted by Crippen LogP contribution is -2.35. The number of non-ortho nitro benzene ring substituents is 1. The molecule has 0 aliphatic rings. The van der Waals surface area contributed by atoms with Crippen LogP contribution in [0.2, 0.25) is 0 Å². The molecule has 0 aliphatic heterocycles. The van der Waals surface area contributed by atoms with Gasteiger partial charge in [-0.3, -0.25) is 14.9 Å². The number of nitrogens with one attached hydrogen (secondary N) is 2. The van der Waals surface area contributed by atoms with Crippen molar-refractivity contribution in [2.45, 2.75) is 13.0 Å². The summed E-state index contributed by atoms with van der Waals surface area (Å²) in [6.45, 7) is 1.64. The van der Waals surface area contributed by atoms with E-state index in [-0.39, 0.29) is 17.0 Å². The van der Waals surface area contributed by atoms with E-state index in [0.717, 1.165) is 12.3 Å². The number of benzene rings is 2. The zero-order valence-corrected chi connectivity index (χ0v) is 14.2. The molecule has 9 heteroatoms. The lowest BCUT2D eigenvalue weighted by atomic mass is 10.2. The number of phenols is 1. The Morgan fingerprint density at radius 2 is 2.08 bits per heavy atom. The van der Waals surface area contributed by atoms with Crippen molar-refractivity contribution in [2.75, 3.05) is 12.4 Å². The highest BCUT2D eigenvalue weighted by Crippen LogP contribution is 2.24. The van der Waals surface area contributed by atoms with Crippen LogP contribution in [0.1, 0.15) is 12.5 Å². The molecule has 0 aliphatic carbocycles. The molecule has 0 spiro atoms. The third-order valence-corrected chi connectivity index (χ3v) is 3.47. The van der Waals surface area contributed by atoms with Gasteiger partial charge in [-0.15, -0.1) is 0 Å². The van der Waals surface area contributed by atoms with E-state index in [1.54, 1.807) is 25.1 Å². The fourth-order valence-corrected chi connectivity index (χ4v) is 2.08. The fourth-order valence-electron chi connectivity index (χ4n) is 2.08. The van der Waals surface area contributed by atoms with Crippen LogP contribution in [0.3, 0.4) is 0 Å². The number of ether oxygens (including phenoxy) is 1. The molecule has 3 N–H and O–H groups in total. The molecular weight excluding hydrogens is 340 g/mol. The lowest BCUT2D eigenvalue weighted by molar-refractivity contribution is -0.384. The molecule has 1 atom stereocenters. The Kier molecular flexibility index (Phi) is 6.10. The first-order chi connectivity index (χ1) is 12.4. The number of aromatic hydroxyl groups is 1. The van der Waals surface area contributed by atoms with Gasteiger partial charge in [0, 0.05) is 17.7 Å². The zero-order chi connectivity index (χ0) is 19.1. The van der Waals surface area contributed by atoms with Crippen molar-refractivity contribution < 1.29 is 19.6 Å². The second-order valence-electron chi connectivity index (χ2n) is 5.30. The van der Waals surface area contributed by atoms with Crippen molar-refractivity contribution in [1.82, 2.24) is 5.43 Å². The topological polar surface area (TPSA) is 126 Å². The van der Waals surface area contributed by atoms with Gasteiger partial charge < -0.3 is 15.2 Å². The summed E-state index contributed by atoms with van der Waals surface area (Å²) in [4.78, 5) is 22.3. The van der Waals surface area contributed by atoms with Crippen LogP contribution in [-0.2, 0) is 4.79 Å². The Morgan fingerprint density at radius 1 is 1.35 bits per heavy atom. The van der Waals surface area contributed by atoms with Crippen molar-refractivity contribution in [1.29, 1.82) is 0 Å². The van der Waals surface area contributed by atoms with E-state index >= 15 is 0 Å². The summed E-state index contributed by atoms with van der Waals surface area (Å²) in [6.07, 6.45) is 1.13. The molecule has 0 saturated heterocycles. The highest BCUT2D eigenvalue weighted by atomic mass is 16.6. The first kappa shape index (κ1) is 18.7. The molecule has 2 aromatic carbocycles. The number of carbonyl (C=O) groups is 1. The molecule has 0 heterocycles. The van der Waals surface area contributed by atoms with Gasteiger partial charge >= 0.3 is 0 Å². The number of para-hydroxylation sites is 2. The van der Waals surface area contributed by atoms with E-state index in [1.807, 2.05) is 6.07 Å². The van der Waals surface area contributed by atoms with Gasteiger partial charge in [0.05, 0.1) is 23.9 Å². The summed E-state index contributed by atoms with van der Waals surface area (Å²) in [5.41, 5.74) is 2.88. The number of hydrogen-bond donors (Lipinski definition) is 3. The Hall–Kier alpha value is -3.62. The average molecular weight is 358 g/mol. The summed E-state index contributed by atoms with van der Waals surface area (Å²) in [7, 11) is 1.53. The molecule has 0 bridgehead atoms. The molecule has 9 nitrogen and oxygen atoms in total. The molecule has 2 rings (SSSR count). The molecule has 0 radical (unpaired) electrons. The van der Waals surface area contributed by atoms with Gasteiger partial charge in [-0.25, -0.2) is 5.43 Å². The van der Waals surface area contributed by atoms with Crippen LogP contribution in [0.5, 0.6) is 11.5 Å². The predicted molar refractivity (Wildman–Crippen MR) is 96.6 cm³/mol. The Balaban J connectivity index is 2.00.